The number of hydrogen-bond acceptors (Lipinski definition) is 11. The molecule has 0 spiro atoms. The summed E-state index contributed by atoms with van der Waals surface area (Å²) < 4.78 is 35.1. The second-order valence-corrected chi connectivity index (χ2v) is 8.68. The van der Waals surface area contributed by atoms with E-state index >= 15 is 0 Å². The van der Waals surface area contributed by atoms with Crippen molar-refractivity contribution in [1.29, 1.82) is 0 Å². The van der Waals surface area contributed by atoms with Crippen LogP contribution in [0.5, 0.6) is 0 Å². The maximum Gasteiger partial charge on any atom is 0.294 e. The van der Waals surface area contributed by atoms with E-state index in [1.54, 1.807) is 35.3 Å². The maximum absolute atomic E-state index is 10.5. The van der Waals surface area contributed by atoms with Crippen LogP contribution in [0.25, 0.3) is 0 Å². The van der Waals surface area contributed by atoms with Crippen LogP contribution in [-0.2, 0) is 14.9 Å². The van der Waals surface area contributed by atoms with E-state index in [0.29, 0.717) is 11.5 Å². The molecule has 3 heterocycles. The fourth-order valence-electron chi connectivity index (χ4n) is 3.33. The monoisotopic (exact) mass is 455 g/mol. The number of hydrogen-bond donors (Lipinski definition) is 5. The molecule has 1 saturated heterocycles. The van der Waals surface area contributed by atoms with Crippen molar-refractivity contribution >= 4 is 22.8 Å². The van der Waals surface area contributed by atoms with Crippen molar-refractivity contribution in [1.82, 2.24) is 9.80 Å². The molecule has 0 amide bonds. The topological polar surface area (TPSA) is 182 Å². The molecule has 0 aliphatic carbocycles. The molecule has 6 N–H and O–H groups in total. The number of aliphatic hydroxyl groups is 3. The molecule has 1 aromatic rings. The number of likely N-dealkylation sites (N-methyl/N-ethyl adjacent to an activating group) is 1. The highest BCUT2D eigenvalue weighted by atomic mass is 32.2. The molecule has 0 bridgehead atoms. The van der Waals surface area contributed by atoms with Gasteiger partial charge in [-0.1, -0.05) is 17.7 Å². The van der Waals surface area contributed by atoms with E-state index in [-0.39, 0.29) is 17.7 Å². The first-order chi connectivity index (χ1) is 14.5. The van der Waals surface area contributed by atoms with Crippen LogP contribution in [0, 0.1) is 6.92 Å². The van der Waals surface area contributed by atoms with Gasteiger partial charge in [0.25, 0.3) is 10.1 Å². The van der Waals surface area contributed by atoms with Crippen molar-refractivity contribution < 1.29 is 33.0 Å². The van der Waals surface area contributed by atoms with E-state index in [1.807, 2.05) is 6.92 Å². The summed E-state index contributed by atoms with van der Waals surface area (Å²) in [6.07, 6.45) is -1.22. The van der Waals surface area contributed by atoms with Crippen molar-refractivity contribution in [2.45, 2.75) is 42.5 Å². The number of aliphatic hydroxyl groups excluding tert-OH is 3. The Hall–Kier alpha value is -2.55. The molecule has 3 aliphatic rings. The number of benzene rings is 1. The first-order valence-corrected chi connectivity index (χ1v) is 10.7. The molecule has 1 fully saturated rings. The van der Waals surface area contributed by atoms with Crippen molar-refractivity contribution in [2.24, 2.45) is 15.7 Å². The van der Waals surface area contributed by atoms with Crippen LogP contribution in [0.4, 0.5) is 0 Å². The van der Waals surface area contributed by atoms with E-state index < -0.39 is 34.7 Å². The molecular formula is C18H25N5O7S. The van der Waals surface area contributed by atoms with Crippen LogP contribution in [0.1, 0.15) is 5.56 Å². The highest BCUT2D eigenvalue weighted by molar-refractivity contribution is 7.85. The first-order valence-electron chi connectivity index (χ1n) is 9.28. The van der Waals surface area contributed by atoms with E-state index in [9.17, 15) is 18.6 Å². The summed E-state index contributed by atoms with van der Waals surface area (Å²) in [5.41, 5.74) is 7.30. The van der Waals surface area contributed by atoms with Crippen molar-refractivity contribution in [2.75, 3.05) is 13.7 Å². The number of rotatable bonds is 3. The van der Waals surface area contributed by atoms with Crippen LogP contribution >= 0.6 is 0 Å². The molecule has 5 atom stereocenters. The highest BCUT2D eigenvalue weighted by Crippen LogP contribution is 2.32. The molecule has 4 rings (SSSR count). The zero-order chi connectivity index (χ0) is 22.9. The Labute approximate surface area is 179 Å². The third kappa shape index (κ3) is 4.71. The van der Waals surface area contributed by atoms with Gasteiger partial charge >= 0.3 is 0 Å². The van der Waals surface area contributed by atoms with Gasteiger partial charge in [-0.15, -0.1) is 0 Å². The lowest BCUT2D eigenvalue weighted by atomic mass is 10.1. The minimum Gasteiger partial charge on any atom is -0.394 e. The number of ether oxygens (including phenoxy) is 1. The quantitative estimate of drug-likeness (QED) is 0.334. The van der Waals surface area contributed by atoms with Gasteiger partial charge in [-0.25, -0.2) is 9.98 Å². The van der Waals surface area contributed by atoms with Crippen LogP contribution in [-0.4, -0.2) is 95.1 Å². The second-order valence-electron chi connectivity index (χ2n) is 7.26. The van der Waals surface area contributed by atoms with Crippen LogP contribution in [0.15, 0.2) is 50.7 Å². The average molecular weight is 455 g/mol. The van der Waals surface area contributed by atoms with E-state index in [4.69, 9.17) is 20.1 Å². The maximum atomic E-state index is 10.5. The highest BCUT2D eigenvalue weighted by Gasteiger charge is 2.49. The second kappa shape index (κ2) is 8.90. The van der Waals surface area contributed by atoms with E-state index in [1.165, 1.54) is 18.5 Å². The molecular weight excluding hydrogens is 430 g/mol. The van der Waals surface area contributed by atoms with Crippen LogP contribution in [0.2, 0.25) is 0 Å². The normalized spacial score (nSPS) is 29.8. The molecule has 0 saturated carbocycles. The van der Waals surface area contributed by atoms with Crippen molar-refractivity contribution in [3.05, 3.63) is 41.3 Å². The van der Waals surface area contributed by atoms with Gasteiger partial charge in [0.15, 0.2) is 18.2 Å². The van der Waals surface area contributed by atoms with E-state index in [0.717, 1.165) is 5.56 Å². The largest absolute Gasteiger partial charge is 0.394 e. The number of aryl methyl sites for hydroxylation is 1. The number of fused-ring (bicyclic) bond motifs is 1. The zero-order valence-electron chi connectivity index (χ0n) is 16.8. The fourth-order valence-corrected chi connectivity index (χ4v) is 3.81. The SMILES string of the molecule is CN1C=NC(N)=C2N=CN([C@@H]3O[C@H](CO)[C@@H](O)[C@H]3O)C21.Cc1ccc(S(=O)(=O)O)cc1. The number of nitrogens with zero attached hydrogens (tertiary/aromatic N) is 4. The molecule has 1 unspecified atom stereocenters. The summed E-state index contributed by atoms with van der Waals surface area (Å²) in [6, 6.07) is 5.99. The van der Waals surface area contributed by atoms with Gasteiger partial charge in [-0.05, 0) is 19.1 Å². The van der Waals surface area contributed by atoms with Gasteiger partial charge < -0.3 is 35.6 Å². The van der Waals surface area contributed by atoms with Gasteiger partial charge in [-0.2, -0.15) is 8.42 Å². The minimum atomic E-state index is -4.02. The Balaban J connectivity index is 0.000000210. The Kier molecular flexibility index (Phi) is 6.64. The Morgan fingerprint density at radius 1 is 1.13 bits per heavy atom. The zero-order valence-corrected chi connectivity index (χ0v) is 17.7. The molecule has 12 nitrogen and oxygen atoms in total. The summed E-state index contributed by atoms with van der Waals surface area (Å²) in [5.74, 6) is 0.304. The fraction of sp³-hybridized carbons (Fsp3) is 0.444. The van der Waals surface area contributed by atoms with Gasteiger partial charge in [0.05, 0.1) is 24.2 Å². The Morgan fingerprint density at radius 2 is 1.77 bits per heavy atom. The van der Waals surface area contributed by atoms with E-state index in [2.05, 4.69) is 9.98 Å². The Morgan fingerprint density at radius 3 is 2.32 bits per heavy atom. The lowest BCUT2D eigenvalue weighted by molar-refractivity contribution is -0.0856. The molecule has 13 heteroatoms. The van der Waals surface area contributed by atoms with Gasteiger partial charge in [0.1, 0.15) is 24.0 Å². The molecule has 31 heavy (non-hydrogen) atoms. The Bertz CT molecular complexity index is 995. The molecule has 170 valence electrons. The standard InChI is InChI=1S/C11H17N5O4.C7H8O3S/c1-15-3-14-9(12)6-10(15)16(4-13-6)11-8(19)7(18)5(2-17)20-11;1-6-2-4-7(5-3-6)11(8,9)10/h3-5,7-8,10-11,17-19H,2,12H2,1H3;2-5H,1H3,(H,8,9,10)/t5-,7-,8-,10?,11-;/m1./s1. The lowest BCUT2D eigenvalue weighted by Gasteiger charge is -2.37. The third-order valence-electron chi connectivity index (χ3n) is 5.01. The van der Waals surface area contributed by atoms with Gasteiger partial charge in [0.2, 0.25) is 0 Å². The van der Waals surface area contributed by atoms with Gasteiger partial charge in [0, 0.05) is 7.05 Å². The molecule has 0 aromatic heterocycles. The van der Waals surface area contributed by atoms with Gasteiger partial charge in [-0.3, -0.25) is 4.55 Å². The first kappa shape index (κ1) is 23.1. The summed E-state index contributed by atoms with van der Waals surface area (Å²) in [7, 11) is -2.22. The number of nitrogens with two attached hydrogens (primary N) is 1. The van der Waals surface area contributed by atoms with Crippen molar-refractivity contribution in [3.63, 3.8) is 0 Å². The average Bonchev–Trinajstić information content (AvgIpc) is 3.28. The summed E-state index contributed by atoms with van der Waals surface area (Å²) in [4.78, 5) is 11.5. The van der Waals surface area contributed by atoms with Crippen molar-refractivity contribution in [3.8, 4) is 0 Å². The summed E-state index contributed by atoms with van der Waals surface area (Å²) in [6.45, 7) is 1.47. The predicted molar refractivity (Wildman–Crippen MR) is 110 cm³/mol. The minimum absolute atomic E-state index is 0.0666. The summed E-state index contributed by atoms with van der Waals surface area (Å²) in [5, 5.41) is 29.0. The van der Waals surface area contributed by atoms with Crippen LogP contribution < -0.4 is 5.73 Å². The third-order valence-corrected chi connectivity index (χ3v) is 5.88. The predicted octanol–water partition coefficient (Wildman–Crippen LogP) is -1.56. The number of aliphatic imine (C=N–C) groups is 2. The lowest BCUT2D eigenvalue weighted by Crippen LogP contribution is -2.53. The summed E-state index contributed by atoms with van der Waals surface area (Å²) >= 11 is 0. The molecule has 0 radical (unpaired) electrons. The molecule has 1 aromatic carbocycles. The van der Waals surface area contributed by atoms with Crippen LogP contribution in [0.3, 0.4) is 0 Å². The molecule has 3 aliphatic heterocycles. The smallest absolute Gasteiger partial charge is 0.294 e.